The van der Waals surface area contributed by atoms with Crippen LogP contribution in [0, 0.1) is 5.82 Å². The number of carbonyl (C=O) groups excluding carboxylic acids is 2. The Morgan fingerprint density at radius 3 is 2.08 bits per heavy atom. The molecule has 3 rings (SSSR count). The van der Waals surface area contributed by atoms with E-state index in [9.17, 15) is 22.4 Å². The Morgan fingerprint density at radius 2 is 1.49 bits per heavy atom. The van der Waals surface area contributed by atoms with Crippen LogP contribution in [0.15, 0.2) is 84.9 Å². The molecule has 0 unspecified atom stereocenters. The van der Waals surface area contributed by atoms with Gasteiger partial charge < -0.3 is 10.2 Å². The lowest BCUT2D eigenvalue weighted by Crippen LogP contribution is -2.54. The SMILES string of the molecule is CCCNC(=O)[C@H](Cc1ccccc1)N(Cc1ccccc1F)C(=O)CN(c1ccccc1)S(=O)(=O)N(C)C. The molecule has 0 fully saturated rings. The van der Waals surface area contributed by atoms with E-state index in [0.29, 0.717) is 18.7 Å². The average molecular weight is 555 g/mol. The van der Waals surface area contributed by atoms with Crippen LogP contribution in [-0.2, 0) is 32.8 Å². The third kappa shape index (κ3) is 7.87. The number of nitrogens with one attached hydrogen (secondary N) is 1. The Kier molecular flexibility index (Phi) is 10.6. The van der Waals surface area contributed by atoms with Crippen molar-refractivity contribution < 1.29 is 22.4 Å². The normalized spacial score (nSPS) is 12.1. The minimum Gasteiger partial charge on any atom is -0.354 e. The molecule has 0 aliphatic carbocycles. The fourth-order valence-corrected chi connectivity index (χ4v) is 5.10. The molecule has 0 heterocycles. The Balaban J connectivity index is 2.07. The second-order valence-electron chi connectivity index (χ2n) is 9.24. The summed E-state index contributed by atoms with van der Waals surface area (Å²) in [6.45, 7) is 1.52. The van der Waals surface area contributed by atoms with E-state index in [4.69, 9.17) is 0 Å². The lowest BCUT2D eigenvalue weighted by molar-refractivity contribution is -0.140. The molecule has 0 spiro atoms. The minimum absolute atomic E-state index is 0.169. The van der Waals surface area contributed by atoms with Crippen molar-refractivity contribution in [2.24, 2.45) is 0 Å². The molecule has 3 aromatic carbocycles. The largest absolute Gasteiger partial charge is 0.354 e. The van der Waals surface area contributed by atoms with Crippen molar-refractivity contribution in [2.45, 2.75) is 32.4 Å². The summed E-state index contributed by atoms with van der Waals surface area (Å²) in [6, 6.07) is 22.5. The molecule has 0 saturated heterocycles. The number of benzene rings is 3. The van der Waals surface area contributed by atoms with Gasteiger partial charge in [0.25, 0.3) is 0 Å². The van der Waals surface area contributed by atoms with Crippen LogP contribution in [0.2, 0.25) is 0 Å². The Bertz CT molecular complexity index is 1340. The summed E-state index contributed by atoms with van der Waals surface area (Å²) in [4.78, 5) is 28.7. The first-order chi connectivity index (χ1) is 18.6. The van der Waals surface area contributed by atoms with Crippen LogP contribution in [0.5, 0.6) is 0 Å². The van der Waals surface area contributed by atoms with Crippen LogP contribution < -0.4 is 9.62 Å². The van der Waals surface area contributed by atoms with E-state index in [-0.39, 0.29) is 18.5 Å². The molecule has 10 heteroatoms. The molecule has 0 aliphatic rings. The highest BCUT2D eigenvalue weighted by atomic mass is 32.2. The Labute approximate surface area is 230 Å². The van der Waals surface area contributed by atoms with Gasteiger partial charge in [-0.3, -0.25) is 9.59 Å². The smallest absolute Gasteiger partial charge is 0.304 e. The van der Waals surface area contributed by atoms with E-state index in [1.54, 1.807) is 48.5 Å². The first-order valence-corrected chi connectivity index (χ1v) is 14.1. The maximum Gasteiger partial charge on any atom is 0.304 e. The van der Waals surface area contributed by atoms with Crippen LogP contribution in [0.3, 0.4) is 0 Å². The average Bonchev–Trinajstić information content (AvgIpc) is 2.93. The van der Waals surface area contributed by atoms with Gasteiger partial charge in [0.2, 0.25) is 11.8 Å². The molecule has 8 nitrogen and oxygen atoms in total. The van der Waals surface area contributed by atoms with Crippen LogP contribution >= 0.6 is 0 Å². The van der Waals surface area contributed by atoms with Gasteiger partial charge in [0.15, 0.2) is 0 Å². The van der Waals surface area contributed by atoms with Crippen molar-refractivity contribution in [3.63, 3.8) is 0 Å². The van der Waals surface area contributed by atoms with E-state index >= 15 is 0 Å². The first kappa shape index (κ1) is 29.8. The molecule has 3 aromatic rings. The summed E-state index contributed by atoms with van der Waals surface area (Å²) in [7, 11) is -1.32. The van der Waals surface area contributed by atoms with Gasteiger partial charge in [0.05, 0.1) is 5.69 Å². The fourth-order valence-electron chi connectivity index (χ4n) is 4.04. The van der Waals surface area contributed by atoms with E-state index in [0.717, 1.165) is 14.2 Å². The number of rotatable bonds is 13. The predicted octanol–water partition coefficient (Wildman–Crippen LogP) is 3.60. The molecular formula is C29H35FN4O4S. The maximum absolute atomic E-state index is 14.8. The Hall–Kier alpha value is -3.76. The predicted molar refractivity (Wildman–Crippen MR) is 151 cm³/mol. The third-order valence-electron chi connectivity index (χ3n) is 6.18. The zero-order valence-electron chi connectivity index (χ0n) is 22.5. The molecule has 0 aliphatic heterocycles. The summed E-state index contributed by atoms with van der Waals surface area (Å²) < 4.78 is 43.3. The maximum atomic E-state index is 14.8. The molecule has 0 saturated carbocycles. The van der Waals surface area contributed by atoms with E-state index in [1.165, 1.54) is 25.1 Å². The van der Waals surface area contributed by atoms with Crippen molar-refractivity contribution in [1.29, 1.82) is 0 Å². The molecule has 2 amide bonds. The van der Waals surface area contributed by atoms with Crippen molar-refractivity contribution >= 4 is 27.7 Å². The topological polar surface area (TPSA) is 90.0 Å². The number of hydrogen-bond acceptors (Lipinski definition) is 4. The second-order valence-corrected chi connectivity index (χ2v) is 11.3. The fraction of sp³-hybridized carbons (Fsp3) is 0.310. The zero-order chi connectivity index (χ0) is 28.4. The van der Waals surface area contributed by atoms with E-state index < -0.39 is 40.4 Å². The summed E-state index contributed by atoms with van der Waals surface area (Å²) in [5, 5.41) is 2.86. The van der Waals surface area contributed by atoms with Crippen molar-refractivity contribution in [3.05, 3.63) is 102 Å². The van der Waals surface area contributed by atoms with Gasteiger partial charge in [-0.1, -0.05) is 73.7 Å². The highest BCUT2D eigenvalue weighted by molar-refractivity contribution is 7.90. The number of anilines is 1. The molecular weight excluding hydrogens is 519 g/mol. The van der Waals surface area contributed by atoms with Gasteiger partial charge in [-0.05, 0) is 30.2 Å². The number of amides is 2. The number of halogens is 1. The van der Waals surface area contributed by atoms with Crippen molar-refractivity contribution in [3.8, 4) is 0 Å². The van der Waals surface area contributed by atoms with Crippen LogP contribution in [-0.4, -0.2) is 62.7 Å². The monoisotopic (exact) mass is 554 g/mol. The summed E-state index contributed by atoms with van der Waals surface area (Å²) in [5.74, 6) is -1.56. The first-order valence-electron chi connectivity index (χ1n) is 12.7. The van der Waals surface area contributed by atoms with Gasteiger partial charge in [-0.2, -0.15) is 12.7 Å². The van der Waals surface area contributed by atoms with E-state index in [1.807, 2.05) is 37.3 Å². The Morgan fingerprint density at radius 1 is 0.897 bits per heavy atom. The zero-order valence-corrected chi connectivity index (χ0v) is 23.3. The summed E-state index contributed by atoms with van der Waals surface area (Å²) >= 11 is 0. The minimum atomic E-state index is -4.08. The van der Waals surface area contributed by atoms with Gasteiger partial charge in [0.1, 0.15) is 18.4 Å². The molecule has 39 heavy (non-hydrogen) atoms. The van der Waals surface area contributed by atoms with Crippen molar-refractivity contribution in [1.82, 2.24) is 14.5 Å². The van der Waals surface area contributed by atoms with Gasteiger partial charge in [0, 0.05) is 39.2 Å². The van der Waals surface area contributed by atoms with E-state index in [2.05, 4.69) is 5.32 Å². The number of hydrogen-bond donors (Lipinski definition) is 1. The number of para-hydroxylation sites is 1. The van der Waals surface area contributed by atoms with Gasteiger partial charge >= 0.3 is 10.2 Å². The third-order valence-corrected chi connectivity index (χ3v) is 8.00. The second kappa shape index (κ2) is 13.9. The van der Waals surface area contributed by atoms with Gasteiger partial charge in [-0.15, -0.1) is 0 Å². The molecule has 208 valence electrons. The number of carbonyl (C=O) groups is 2. The lowest BCUT2D eigenvalue weighted by Gasteiger charge is -2.34. The lowest BCUT2D eigenvalue weighted by atomic mass is 10.0. The summed E-state index contributed by atoms with van der Waals surface area (Å²) in [5.41, 5.74) is 1.32. The van der Waals surface area contributed by atoms with Crippen molar-refractivity contribution in [2.75, 3.05) is 31.5 Å². The summed E-state index contributed by atoms with van der Waals surface area (Å²) in [6.07, 6.45) is 0.857. The standard InChI is InChI=1S/C29H35FN4O4S/c1-4-19-31-29(36)27(20-23-13-7-5-8-14-23)33(21-24-15-11-12-18-26(24)30)28(35)22-34(39(37,38)32(2)3)25-16-9-6-10-17-25/h5-18,27H,4,19-22H2,1-3H3,(H,31,36)/t27-/m0/s1. The molecule has 0 radical (unpaired) electrons. The highest BCUT2D eigenvalue weighted by Crippen LogP contribution is 2.22. The van der Waals surface area contributed by atoms with Crippen LogP contribution in [0.4, 0.5) is 10.1 Å². The highest BCUT2D eigenvalue weighted by Gasteiger charge is 2.34. The molecule has 0 aromatic heterocycles. The van der Waals surface area contributed by atoms with Crippen LogP contribution in [0.1, 0.15) is 24.5 Å². The molecule has 1 N–H and O–H groups in total. The number of nitrogens with zero attached hydrogens (tertiary/aromatic N) is 3. The molecule has 1 atom stereocenters. The van der Waals surface area contributed by atoms with Gasteiger partial charge in [-0.25, -0.2) is 8.70 Å². The van der Waals surface area contributed by atoms with Crippen LogP contribution in [0.25, 0.3) is 0 Å². The quantitative estimate of drug-likeness (QED) is 0.350. The molecule has 0 bridgehead atoms.